The van der Waals surface area contributed by atoms with E-state index in [9.17, 15) is 8.42 Å². The smallest absolute Gasteiger partial charge is 0.243 e. The first-order valence-corrected chi connectivity index (χ1v) is 8.56. The van der Waals surface area contributed by atoms with Crippen molar-refractivity contribution in [3.05, 3.63) is 42.0 Å². The summed E-state index contributed by atoms with van der Waals surface area (Å²) in [7, 11) is -3.40. The minimum absolute atomic E-state index is 0.343. The van der Waals surface area contributed by atoms with Crippen LogP contribution in [0, 0.1) is 6.92 Å². The fourth-order valence-electron chi connectivity index (χ4n) is 2.47. The van der Waals surface area contributed by atoms with Crippen molar-refractivity contribution in [2.24, 2.45) is 0 Å². The van der Waals surface area contributed by atoms with E-state index in [4.69, 9.17) is 4.52 Å². The van der Waals surface area contributed by atoms with Gasteiger partial charge in [0.1, 0.15) is 0 Å². The van der Waals surface area contributed by atoms with E-state index in [1.807, 2.05) is 6.07 Å². The van der Waals surface area contributed by atoms with E-state index in [0.29, 0.717) is 49.3 Å². The number of aromatic nitrogens is 2. The quantitative estimate of drug-likeness (QED) is 0.831. The van der Waals surface area contributed by atoms with Crippen molar-refractivity contribution in [3.63, 3.8) is 0 Å². The molecule has 1 aliphatic heterocycles. The topological polar surface area (TPSA) is 79.5 Å². The van der Waals surface area contributed by atoms with Gasteiger partial charge < -0.3 is 4.52 Å². The van der Waals surface area contributed by atoms with Crippen molar-refractivity contribution >= 4 is 10.0 Å². The van der Waals surface area contributed by atoms with Gasteiger partial charge in [-0.2, -0.15) is 9.29 Å². The fraction of sp³-hybridized carbons (Fsp3) is 0.429. The molecule has 0 amide bonds. The lowest BCUT2D eigenvalue weighted by Gasteiger charge is -2.33. The summed E-state index contributed by atoms with van der Waals surface area (Å²) in [6, 6.07) is 8.54. The monoisotopic (exact) mass is 322 g/mol. The second-order valence-corrected chi connectivity index (χ2v) is 7.17. The minimum atomic E-state index is -3.40. The third-order valence-corrected chi connectivity index (χ3v) is 5.55. The molecular formula is C14H18N4O3S. The van der Waals surface area contributed by atoms with Gasteiger partial charge in [-0.3, -0.25) is 4.90 Å². The molecule has 0 bridgehead atoms. The zero-order valence-corrected chi connectivity index (χ0v) is 13.2. The van der Waals surface area contributed by atoms with Crippen LogP contribution in [0.25, 0.3) is 0 Å². The summed E-state index contributed by atoms with van der Waals surface area (Å²) in [6.07, 6.45) is 0. The van der Waals surface area contributed by atoms with Crippen molar-refractivity contribution in [1.82, 2.24) is 19.3 Å². The molecular weight excluding hydrogens is 304 g/mol. The molecule has 1 saturated heterocycles. The predicted molar refractivity (Wildman–Crippen MR) is 79.5 cm³/mol. The first kappa shape index (κ1) is 15.1. The molecule has 2 aromatic rings. The maximum Gasteiger partial charge on any atom is 0.243 e. The Balaban J connectivity index is 1.62. The molecule has 2 heterocycles. The van der Waals surface area contributed by atoms with Crippen LogP contribution >= 0.6 is 0 Å². The summed E-state index contributed by atoms with van der Waals surface area (Å²) in [4.78, 5) is 6.63. The zero-order chi connectivity index (χ0) is 15.6. The molecule has 0 spiro atoms. The second-order valence-electron chi connectivity index (χ2n) is 5.23. The number of hydrogen-bond donors (Lipinski definition) is 0. The maximum absolute atomic E-state index is 12.5. The molecule has 118 valence electrons. The van der Waals surface area contributed by atoms with Crippen LogP contribution in [0.15, 0.2) is 39.8 Å². The van der Waals surface area contributed by atoms with E-state index in [2.05, 4.69) is 15.0 Å². The van der Waals surface area contributed by atoms with Gasteiger partial charge in [0.15, 0.2) is 5.82 Å². The van der Waals surface area contributed by atoms with Crippen molar-refractivity contribution < 1.29 is 12.9 Å². The van der Waals surface area contributed by atoms with Crippen molar-refractivity contribution in [2.75, 3.05) is 26.2 Å². The van der Waals surface area contributed by atoms with Crippen LogP contribution in [-0.4, -0.2) is 53.9 Å². The van der Waals surface area contributed by atoms with Crippen LogP contribution in [0.4, 0.5) is 0 Å². The van der Waals surface area contributed by atoms with Crippen molar-refractivity contribution in [2.45, 2.75) is 18.4 Å². The lowest BCUT2D eigenvalue weighted by Crippen LogP contribution is -2.48. The first-order valence-electron chi connectivity index (χ1n) is 7.12. The molecule has 0 aliphatic carbocycles. The lowest BCUT2D eigenvalue weighted by atomic mass is 10.3. The summed E-state index contributed by atoms with van der Waals surface area (Å²) in [6.45, 7) is 4.55. The summed E-state index contributed by atoms with van der Waals surface area (Å²) < 4.78 is 31.7. The highest BCUT2D eigenvalue weighted by Gasteiger charge is 2.28. The van der Waals surface area contributed by atoms with E-state index >= 15 is 0 Å². The van der Waals surface area contributed by atoms with Gasteiger partial charge in [-0.05, 0) is 19.1 Å². The lowest BCUT2D eigenvalue weighted by molar-refractivity contribution is 0.163. The van der Waals surface area contributed by atoms with Gasteiger partial charge in [-0.1, -0.05) is 23.4 Å². The minimum Gasteiger partial charge on any atom is -0.338 e. The molecule has 0 atom stereocenters. The summed E-state index contributed by atoms with van der Waals surface area (Å²) in [5, 5.41) is 3.76. The number of piperazine rings is 1. The van der Waals surface area contributed by atoms with Gasteiger partial charge in [0.05, 0.1) is 11.4 Å². The molecule has 7 nitrogen and oxygen atoms in total. The number of rotatable bonds is 4. The van der Waals surface area contributed by atoms with E-state index < -0.39 is 10.0 Å². The van der Waals surface area contributed by atoms with Crippen LogP contribution < -0.4 is 0 Å². The molecule has 0 saturated carbocycles. The Hall–Kier alpha value is -1.77. The van der Waals surface area contributed by atoms with Gasteiger partial charge in [0, 0.05) is 26.2 Å². The fourth-order valence-corrected chi connectivity index (χ4v) is 3.91. The maximum atomic E-state index is 12.5. The molecule has 0 radical (unpaired) electrons. The number of aryl methyl sites for hydroxylation is 1. The summed E-state index contributed by atoms with van der Waals surface area (Å²) in [5.74, 6) is 1.18. The third kappa shape index (κ3) is 3.18. The molecule has 0 unspecified atom stereocenters. The third-order valence-electron chi connectivity index (χ3n) is 3.64. The first-order chi connectivity index (χ1) is 10.6. The van der Waals surface area contributed by atoms with Crippen molar-refractivity contribution in [1.29, 1.82) is 0 Å². The van der Waals surface area contributed by atoms with Crippen LogP contribution in [0.3, 0.4) is 0 Å². The summed E-state index contributed by atoms with van der Waals surface area (Å²) in [5.41, 5.74) is 0. The predicted octanol–water partition coefficient (Wildman–Crippen LogP) is 0.885. The van der Waals surface area contributed by atoms with Gasteiger partial charge in [-0.25, -0.2) is 8.42 Å². The highest BCUT2D eigenvalue weighted by molar-refractivity contribution is 7.89. The molecule has 1 fully saturated rings. The van der Waals surface area contributed by atoms with E-state index in [1.165, 1.54) is 4.31 Å². The zero-order valence-electron chi connectivity index (χ0n) is 12.3. The Bertz CT molecular complexity index is 722. The van der Waals surface area contributed by atoms with Crippen LogP contribution in [0.1, 0.15) is 11.7 Å². The number of hydrogen-bond acceptors (Lipinski definition) is 6. The van der Waals surface area contributed by atoms with Crippen LogP contribution in [0.5, 0.6) is 0 Å². The molecule has 1 aromatic heterocycles. The Labute approximate surface area is 129 Å². The van der Waals surface area contributed by atoms with Crippen LogP contribution in [0.2, 0.25) is 0 Å². The highest BCUT2D eigenvalue weighted by atomic mass is 32.2. The Morgan fingerprint density at radius 1 is 1.14 bits per heavy atom. The van der Waals surface area contributed by atoms with E-state index in [1.54, 1.807) is 31.2 Å². The Morgan fingerprint density at radius 2 is 1.82 bits per heavy atom. The number of nitrogens with zero attached hydrogens (tertiary/aromatic N) is 4. The Kier molecular flexibility index (Phi) is 4.23. The summed E-state index contributed by atoms with van der Waals surface area (Å²) >= 11 is 0. The molecule has 8 heteroatoms. The van der Waals surface area contributed by atoms with Gasteiger partial charge in [-0.15, -0.1) is 0 Å². The van der Waals surface area contributed by atoms with Gasteiger partial charge in [0.25, 0.3) is 0 Å². The number of sulfonamides is 1. The molecule has 1 aliphatic rings. The van der Waals surface area contributed by atoms with E-state index in [-0.39, 0.29) is 0 Å². The molecule has 0 N–H and O–H groups in total. The largest absolute Gasteiger partial charge is 0.338 e. The van der Waals surface area contributed by atoms with E-state index in [0.717, 1.165) is 0 Å². The molecule has 1 aromatic carbocycles. The average Bonchev–Trinajstić information content (AvgIpc) is 2.94. The van der Waals surface area contributed by atoms with Crippen molar-refractivity contribution in [3.8, 4) is 0 Å². The normalized spacial score (nSPS) is 17.7. The van der Waals surface area contributed by atoms with Gasteiger partial charge >= 0.3 is 0 Å². The Morgan fingerprint density at radius 3 is 2.41 bits per heavy atom. The average molecular weight is 322 g/mol. The highest BCUT2D eigenvalue weighted by Crippen LogP contribution is 2.17. The molecule has 3 rings (SSSR count). The number of benzene rings is 1. The molecule has 22 heavy (non-hydrogen) atoms. The SMILES string of the molecule is Cc1noc(CN2CCN(S(=O)(=O)c3ccccc3)CC2)n1. The standard InChI is InChI=1S/C14H18N4O3S/c1-12-15-14(21-16-12)11-17-7-9-18(10-8-17)22(19,20)13-5-3-2-4-6-13/h2-6H,7-11H2,1H3. The van der Waals surface area contributed by atoms with Gasteiger partial charge in [0.2, 0.25) is 15.9 Å². The van der Waals surface area contributed by atoms with Crippen LogP contribution in [-0.2, 0) is 16.6 Å². The second kappa shape index (κ2) is 6.15.